The molecule has 1 unspecified atom stereocenters. The van der Waals surface area contributed by atoms with Gasteiger partial charge < -0.3 is 4.74 Å². The number of aryl methyl sites for hydroxylation is 2. The van der Waals surface area contributed by atoms with Crippen LogP contribution in [-0.2, 0) is 0 Å². The zero-order valence-electron chi connectivity index (χ0n) is 11.8. The van der Waals surface area contributed by atoms with E-state index in [0.717, 1.165) is 5.75 Å². The van der Waals surface area contributed by atoms with Gasteiger partial charge in [0.05, 0.1) is 12.5 Å². The minimum absolute atomic E-state index is 0.114. The van der Waals surface area contributed by atoms with Gasteiger partial charge in [-0.25, -0.2) is 0 Å². The van der Waals surface area contributed by atoms with Crippen LogP contribution in [0.3, 0.4) is 0 Å². The van der Waals surface area contributed by atoms with Crippen LogP contribution in [0.25, 0.3) is 0 Å². The molecule has 0 saturated heterocycles. The fourth-order valence-corrected chi connectivity index (χ4v) is 3.63. The Balaban J connectivity index is 2.34. The SMILES string of the molecule is COc1c(C)cc(C(Cl)C2(C)CCCC2)cc1C. The summed E-state index contributed by atoms with van der Waals surface area (Å²) in [6.07, 6.45) is 5.11. The van der Waals surface area contributed by atoms with Gasteiger partial charge in [0.15, 0.2) is 0 Å². The second-order valence-corrected chi connectivity index (χ2v) is 6.35. The molecule has 1 aliphatic rings. The minimum atomic E-state index is 0.114. The molecule has 0 bridgehead atoms. The van der Waals surface area contributed by atoms with Gasteiger partial charge in [-0.1, -0.05) is 31.9 Å². The summed E-state index contributed by atoms with van der Waals surface area (Å²) in [5.74, 6) is 0.985. The standard InChI is InChI=1S/C16H23ClO/c1-11-9-13(10-12(2)14(11)18-4)15(17)16(3)7-5-6-8-16/h9-10,15H,5-8H2,1-4H3. The average Bonchev–Trinajstić information content (AvgIpc) is 2.76. The maximum atomic E-state index is 6.75. The van der Waals surface area contributed by atoms with Crippen molar-refractivity contribution < 1.29 is 4.74 Å². The third-order valence-electron chi connectivity index (χ3n) is 4.34. The number of methoxy groups -OCH3 is 1. The number of alkyl halides is 1. The lowest BCUT2D eigenvalue weighted by atomic mass is 9.81. The molecule has 0 aliphatic heterocycles. The summed E-state index contributed by atoms with van der Waals surface area (Å²) in [4.78, 5) is 0. The van der Waals surface area contributed by atoms with Crippen LogP contribution in [0.4, 0.5) is 0 Å². The summed E-state index contributed by atoms with van der Waals surface area (Å²) in [5, 5.41) is 0.114. The largest absolute Gasteiger partial charge is 0.496 e. The molecule has 0 radical (unpaired) electrons. The average molecular weight is 267 g/mol. The normalized spacial score (nSPS) is 19.8. The van der Waals surface area contributed by atoms with Crippen LogP contribution in [-0.4, -0.2) is 7.11 Å². The van der Waals surface area contributed by atoms with Crippen molar-refractivity contribution in [2.75, 3.05) is 7.11 Å². The zero-order chi connectivity index (χ0) is 13.3. The molecule has 1 atom stereocenters. The first-order chi connectivity index (χ1) is 8.48. The van der Waals surface area contributed by atoms with E-state index in [2.05, 4.69) is 32.9 Å². The van der Waals surface area contributed by atoms with Gasteiger partial charge in [-0.05, 0) is 48.8 Å². The van der Waals surface area contributed by atoms with Crippen molar-refractivity contribution >= 4 is 11.6 Å². The second kappa shape index (κ2) is 5.13. The summed E-state index contributed by atoms with van der Waals surface area (Å²) >= 11 is 6.75. The Bertz CT molecular complexity index is 410. The Morgan fingerprint density at radius 2 is 1.67 bits per heavy atom. The van der Waals surface area contributed by atoms with Gasteiger partial charge in [0.25, 0.3) is 0 Å². The third-order valence-corrected chi connectivity index (χ3v) is 5.12. The summed E-state index contributed by atoms with van der Waals surface area (Å²) in [5.41, 5.74) is 3.87. The topological polar surface area (TPSA) is 9.23 Å². The van der Waals surface area contributed by atoms with Gasteiger partial charge in [-0.15, -0.1) is 11.6 Å². The highest BCUT2D eigenvalue weighted by Gasteiger charge is 2.37. The molecule has 0 amide bonds. The smallest absolute Gasteiger partial charge is 0.124 e. The lowest BCUT2D eigenvalue weighted by molar-refractivity contribution is 0.321. The predicted molar refractivity (Wildman–Crippen MR) is 77.6 cm³/mol. The Morgan fingerprint density at radius 1 is 1.17 bits per heavy atom. The highest BCUT2D eigenvalue weighted by Crippen LogP contribution is 2.51. The Labute approximate surface area is 115 Å². The molecule has 1 fully saturated rings. The van der Waals surface area contributed by atoms with E-state index >= 15 is 0 Å². The molecule has 1 aliphatic carbocycles. The van der Waals surface area contributed by atoms with E-state index in [0.29, 0.717) is 0 Å². The molecule has 1 nitrogen and oxygen atoms in total. The number of ether oxygens (including phenoxy) is 1. The van der Waals surface area contributed by atoms with Gasteiger partial charge in [0, 0.05) is 0 Å². The molecule has 0 heterocycles. The number of halogens is 1. The van der Waals surface area contributed by atoms with Crippen molar-refractivity contribution in [1.29, 1.82) is 0 Å². The van der Waals surface area contributed by atoms with Crippen molar-refractivity contribution in [3.63, 3.8) is 0 Å². The van der Waals surface area contributed by atoms with Crippen molar-refractivity contribution in [1.82, 2.24) is 0 Å². The van der Waals surface area contributed by atoms with Crippen LogP contribution < -0.4 is 4.74 Å². The second-order valence-electron chi connectivity index (χ2n) is 5.91. The summed E-state index contributed by atoms with van der Waals surface area (Å²) < 4.78 is 5.42. The molecule has 1 saturated carbocycles. The lowest BCUT2D eigenvalue weighted by Gasteiger charge is -2.30. The first-order valence-corrected chi connectivity index (χ1v) is 7.21. The van der Waals surface area contributed by atoms with Crippen molar-refractivity contribution in [2.45, 2.75) is 51.8 Å². The maximum absolute atomic E-state index is 6.75. The van der Waals surface area contributed by atoms with E-state index in [4.69, 9.17) is 16.3 Å². The molecule has 2 heteroatoms. The summed E-state index contributed by atoms with van der Waals surface area (Å²) in [6.45, 7) is 6.51. The van der Waals surface area contributed by atoms with E-state index in [1.54, 1.807) is 7.11 Å². The van der Waals surface area contributed by atoms with E-state index in [-0.39, 0.29) is 10.8 Å². The number of hydrogen-bond acceptors (Lipinski definition) is 1. The summed E-state index contributed by atoms with van der Waals surface area (Å²) in [7, 11) is 1.73. The van der Waals surface area contributed by atoms with E-state index in [1.165, 1.54) is 42.4 Å². The lowest BCUT2D eigenvalue weighted by Crippen LogP contribution is -2.18. The summed E-state index contributed by atoms with van der Waals surface area (Å²) in [6, 6.07) is 4.38. The minimum Gasteiger partial charge on any atom is -0.496 e. The van der Waals surface area contributed by atoms with E-state index < -0.39 is 0 Å². The Kier molecular flexibility index (Phi) is 3.91. The monoisotopic (exact) mass is 266 g/mol. The predicted octanol–water partition coefficient (Wildman–Crippen LogP) is 5.17. The van der Waals surface area contributed by atoms with Gasteiger partial charge in [0.1, 0.15) is 5.75 Å². The first-order valence-electron chi connectivity index (χ1n) is 6.77. The fraction of sp³-hybridized carbons (Fsp3) is 0.625. The quantitative estimate of drug-likeness (QED) is 0.686. The fourth-order valence-electron chi connectivity index (χ4n) is 3.29. The number of hydrogen-bond donors (Lipinski definition) is 0. The maximum Gasteiger partial charge on any atom is 0.124 e. The molecule has 1 aromatic rings. The Morgan fingerprint density at radius 3 is 2.11 bits per heavy atom. The van der Waals surface area contributed by atoms with Crippen LogP contribution in [0.1, 0.15) is 54.7 Å². The van der Waals surface area contributed by atoms with E-state index in [1.807, 2.05) is 0 Å². The molecule has 0 N–H and O–H groups in total. The molecular formula is C16H23ClO. The van der Waals surface area contributed by atoms with Crippen molar-refractivity contribution in [2.24, 2.45) is 5.41 Å². The zero-order valence-corrected chi connectivity index (χ0v) is 12.6. The molecule has 100 valence electrons. The van der Waals surface area contributed by atoms with Crippen LogP contribution in [0, 0.1) is 19.3 Å². The van der Waals surface area contributed by atoms with Gasteiger partial charge >= 0.3 is 0 Å². The van der Waals surface area contributed by atoms with Crippen LogP contribution in [0.2, 0.25) is 0 Å². The third kappa shape index (κ3) is 2.38. The van der Waals surface area contributed by atoms with Gasteiger partial charge in [-0.3, -0.25) is 0 Å². The number of benzene rings is 1. The highest BCUT2D eigenvalue weighted by atomic mass is 35.5. The highest BCUT2D eigenvalue weighted by molar-refractivity contribution is 6.21. The molecule has 1 aromatic carbocycles. The Hall–Kier alpha value is -0.690. The number of rotatable bonds is 3. The van der Waals surface area contributed by atoms with Crippen LogP contribution in [0.5, 0.6) is 5.75 Å². The molecule has 18 heavy (non-hydrogen) atoms. The van der Waals surface area contributed by atoms with E-state index in [9.17, 15) is 0 Å². The molecule has 0 spiro atoms. The van der Waals surface area contributed by atoms with Gasteiger partial charge in [-0.2, -0.15) is 0 Å². The first kappa shape index (κ1) is 13.7. The van der Waals surface area contributed by atoms with Crippen molar-refractivity contribution in [3.8, 4) is 5.75 Å². The van der Waals surface area contributed by atoms with Gasteiger partial charge in [0.2, 0.25) is 0 Å². The molecular weight excluding hydrogens is 244 g/mol. The molecule has 2 rings (SSSR count). The van der Waals surface area contributed by atoms with Crippen LogP contribution in [0.15, 0.2) is 12.1 Å². The molecule has 0 aromatic heterocycles. The van der Waals surface area contributed by atoms with Crippen molar-refractivity contribution in [3.05, 3.63) is 28.8 Å². The van der Waals surface area contributed by atoms with Crippen LogP contribution >= 0.6 is 11.6 Å².